The third kappa shape index (κ3) is 3.74. The highest BCUT2D eigenvalue weighted by molar-refractivity contribution is 5.73. The van der Waals surface area contributed by atoms with Gasteiger partial charge in [-0.25, -0.2) is 8.78 Å². The Balaban J connectivity index is 2.38. The summed E-state index contributed by atoms with van der Waals surface area (Å²) in [5, 5.41) is 11.5. The molecule has 0 amide bonds. The van der Waals surface area contributed by atoms with Gasteiger partial charge in [-0.1, -0.05) is 0 Å². The maximum Gasteiger partial charge on any atom is 0.320 e. The first-order valence-electron chi connectivity index (χ1n) is 5.22. The van der Waals surface area contributed by atoms with E-state index in [1.54, 1.807) is 7.05 Å². The third-order valence-electron chi connectivity index (χ3n) is 3.05. The number of carboxylic acid groups (broad SMARTS) is 1. The van der Waals surface area contributed by atoms with Crippen LogP contribution in [-0.4, -0.2) is 30.1 Å². The van der Waals surface area contributed by atoms with Crippen LogP contribution in [0.2, 0.25) is 0 Å². The number of likely N-dealkylation sites (N-methyl/N-ethyl adjacent to an activating group) is 1. The van der Waals surface area contributed by atoms with Crippen molar-refractivity contribution in [3.05, 3.63) is 0 Å². The Morgan fingerprint density at radius 2 is 2.07 bits per heavy atom. The minimum Gasteiger partial charge on any atom is -0.480 e. The molecule has 0 spiro atoms. The molecule has 0 aromatic heterocycles. The van der Waals surface area contributed by atoms with Gasteiger partial charge in [0.2, 0.25) is 5.92 Å². The van der Waals surface area contributed by atoms with Crippen LogP contribution in [0.25, 0.3) is 0 Å². The molecule has 0 aromatic carbocycles. The second kappa shape index (κ2) is 4.88. The Bertz CT molecular complexity index is 223. The van der Waals surface area contributed by atoms with E-state index in [0.717, 1.165) is 0 Å². The van der Waals surface area contributed by atoms with Gasteiger partial charge in [0.25, 0.3) is 0 Å². The van der Waals surface area contributed by atoms with Crippen LogP contribution in [0.15, 0.2) is 0 Å². The minimum absolute atomic E-state index is 0.103. The van der Waals surface area contributed by atoms with Crippen molar-refractivity contribution < 1.29 is 18.7 Å². The number of nitrogens with one attached hydrogen (secondary N) is 1. The van der Waals surface area contributed by atoms with Crippen LogP contribution >= 0.6 is 0 Å². The average Bonchev–Trinajstić information content (AvgIpc) is 2.15. The maximum absolute atomic E-state index is 12.8. The molecule has 0 aromatic rings. The zero-order valence-electron chi connectivity index (χ0n) is 8.80. The molecule has 1 atom stereocenters. The van der Waals surface area contributed by atoms with Crippen molar-refractivity contribution in [2.24, 2.45) is 5.92 Å². The fourth-order valence-corrected chi connectivity index (χ4v) is 2.01. The van der Waals surface area contributed by atoms with Crippen molar-refractivity contribution in [1.29, 1.82) is 0 Å². The summed E-state index contributed by atoms with van der Waals surface area (Å²) in [6.07, 6.45) is 1.10. The number of alkyl halides is 2. The summed E-state index contributed by atoms with van der Waals surface area (Å²) in [5.41, 5.74) is 0. The van der Waals surface area contributed by atoms with E-state index in [-0.39, 0.29) is 18.8 Å². The van der Waals surface area contributed by atoms with Crippen molar-refractivity contribution in [2.75, 3.05) is 7.05 Å². The van der Waals surface area contributed by atoms with Gasteiger partial charge in [-0.3, -0.25) is 4.79 Å². The SMILES string of the molecule is CN[C@@H](CC1CCC(F)(F)CC1)C(=O)O. The fraction of sp³-hybridized carbons (Fsp3) is 0.900. The monoisotopic (exact) mass is 221 g/mol. The van der Waals surface area contributed by atoms with E-state index in [9.17, 15) is 13.6 Å². The minimum atomic E-state index is -2.53. The van der Waals surface area contributed by atoms with Crippen molar-refractivity contribution in [3.63, 3.8) is 0 Å². The molecule has 1 aliphatic rings. The second-order valence-corrected chi connectivity index (χ2v) is 4.21. The second-order valence-electron chi connectivity index (χ2n) is 4.21. The standard InChI is InChI=1S/C10H17F2NO2/c1-13-8(9(14)15)6-7-2-4-10(11,12)5-3-7/h7-8,13H,2-6H2,1H3,(H,14,15)/t8-/m0/s1. The number of carbonyl (C=O) groups is 1. The highest BCUT2D eigenvalue weighted by atomic mass is 19.3. The molecule has 0 aliphatic heterocycles. The van der Waals surface area contributed by atoms with Crippen LogP contribution < -0.4 is 5.32 Å². The molecule has 1 fully saturated rings. The largest absolute Gasteiger partial charge is 0.480 e. The zero-order valence-corrected chi connectivity index (χ0v) is 8.80. The molecular weight excluding hydrogens is 204 g/mol. The van der Waals surface area contributed by atoms with Crippen molar-refractivity contribution in [1.82, 2.24) is 5.32 Å². The molecule has 15 heavy (non-hydrogen) atoms. The fourth-order valence-electron chi connectivity index (χ4n) is 2.01. The van der Waals surface area contributed by atoms with E-state index >= 15 is 0 Å². The average molecular weight is 221 g/mol. The molecule has 0 radical (unpaired) electrons. The van der Waals surface area contributed by atoms with Gasteiger partial charge >= 0.3 is 5.97 Å². The van der Waals surface area contributed by atoms with Gasteiger partial charge < -0.3 is 10.4 Å². The van der Waals surface area contributed by atoms with Crippen LogP contribution in [0, 0.1) is 5.92 Å². The Morgan fingerprint density at radius 3 is 2.47 bits per heavy atom. The summed E-state index contributed by atoms with van der Waals surface area (Å²) in [7, 11) is 1.58. The summed E-state index contributed by atoms with van der Waals surface area (Å²) in [6, 6.07) is -0.610. The highest BCUT2D eigenvalue weighted by Gasteiger charge is 2.36. The molecule has 0 saturated heterocycles. The summed E-state index contributed by atoms with van der Waals surface area (Å²) < 4.78 is 25.6. The van der Waals surface area contributed by atoms with Crippen molar-refractivity contribution >= 4 is 5.97 Å². The molecule has 1 aliphatic carbocycles. The smallest absolute Gasteiger partial charge is 0.320 e. The van der Waals surface area contributed by atoms with E-state index in [1.165, 1.54) is 0 Å². The van der Waals surface area contributed by atoms with E-state index in [2.05, 4.69) is 5.32 Å². The predicted octanol–water partition coefficient (Wildman–Crippen LogP) is 1.87. The molecule has 88 valence electrons. The van der Waals surface area contributed by atoms with E-state index in [1.807, 2.05) is 0 Å². The van der Waals surface area contributed by atoms with Crippen LogP contribution in [0.4, 0.5) is 8.78 Å². The van der Waals surface area contributed by atoms with Gasteiger partial charge in [0.05, 0.1) is 0 Å². The van der Waals surface area contributed by atoms with Crippen LogP contribution in [0.5, 0.6) is 0 Å². The molecule has 2 N–H and O–H groups in total. The number of hydrogen-bond acceptors (Lipinski definition) is 2. The molecule has 0 bridgehead atoms. The van der Waals surface area contributed by atoms with Gasteiger partial charge in [0.15, 0.2) is 0 Å². The Morgan fingerprint density at radius 1 is 1.53 bits per heavy atom. The molecule has 0 heterocycles. The lowest BCUT2D eigenvalue weighted by Crippen LogP contribution is -2.37. The number of halogens is 2. The lowest BCUT2D eigenvalue weighted by molar-refractivity contribution is -0.140. The first-order valence-corrected chi connectivity index (χ1v) is 5.22. The molecule has 1 rings (SSSR count). The highest BCUT2D eigenvalue weighted by Crippen LogP contribution is 2.37. The number of rotatable bonds is 4. The van der Waals surface area contributed by atoms with Crippen molar-refractivity contribution in [2.45, 2.75) is 44.1 Å². The summed E-state index contributed by atoms with van der Waals surface area (Å²) in [4.78, 5) is 10.7. The van der Waals surface area contributed by atoms with Crippen molar-refractivity contribution in [3.8, 4) is 0 Å². The van der Waals surface area contributed by atoms with Crippen LogP contribution in [0.3, 0.4) is 0 Å². The number of hydrogen-bond donors (Lipinski definition) is 2. The van der Waals surface area contributed by atoms with Gasteiger partial charge in [-0.05, 0) is 32.2 Å². The Kier molecular flexibility index (Phi) is 4.02. The normalized spacial score (nSPS) is 23.7. The molecule has 0 unspecified atom stereocenters. The Hall–Kier alpha value is -0.710. The summed E-state index contributed by atoms with van der Waals surface area (Å²) >= 11 is 0. The van der Waals surface area contributed by atoms with E-state index in [4.69, 9.17) is 5.11 Å². The van der Waals surface area contributed by atoms with Gasteiger partial charge in [-0.15, -0.1) is 0 Å². The first-order chi connectivity index (χ1) is 6.94. The lowest BCUT2D eigenvalue weighted by atomic mass is 9.83. The Labute approximate surface area is 87.9 Å². The van der Waals surface area contributed by atoms with E-state index < -0.39 is 17.9 Å². The predicted molar refractivity (Wildman–Crippen MR) is 52.0 cm³/mol. The number of aliphatic carboxylic acids is 1. The number of carboxylic acids is 1. The molecule has 3 nitrogen and oxygen atoms in total. The summed E-state index contributed by atoms with van der Waals surface area (Å²) in [5.74, 6) is -3.33. The zero-order chi connectivity index (χ0) is 11.5. The lowest BCUT2D eigenvalue weighted by Gasteiger charge is -2.29. The molecule has 5 heteroatoms. The van der Waals surface area contributed by atoms with Gasteiger partial charge in [-0.2, -0.15) is 0 Å². The molecule has 1 saturated carbocycles. The summed E-state index contributed by atoms with van der Waals surface area (Å²) in [6.45, 7) is 0. The van der Waals surface area contributed by atoms with E-state index in [0.29, 0.717) is 19.3 Å². The topological polar surface area (TPSA) is 49.3 Å². The van der Waals surface area contributed by atoms with Gasteiger partial charge in [0.1, 0.15) is 6.04 Å². The van der Waals surface area contributed by atoms with Crippen LogP contribution in [0.1, 0.15) is 32.1 Å². The third-order valence-corrected chi connectivity index (χ3v) is 3.05. The molecular formula is C10H17F2NO2. The quantitative estimate of drug-likeness (QED) is 0.762. The van der Waals surface area contributed by atoms with Gasteiger partial charge in [0, 0.05) is 12.8 Å². The first kappa shape index (κ1) is 12.4. The maximum atomic E-state index is 12.8. The van der Waals surface area contributed by atoms with Crippen LogP contribution in [-0.2, 0) is 4.79 Å².